The van der Waals surface area contributed by atoms with Crippen molar-refractivity contribution in [3.8, 4) is 0 Å². The summed E-state index contributed by atoms with van der Waals surface area (Å²) in [6, 6.07) is 10.2. The fourth-order valence-electron chi connectivity index (χ4n) is 1.59. The molecule has 0 heterocycles. The van der Waals surface area contributed by atoms with Gasteiger partial charge < -0.3 is 10.1 Å². The van der Waals surface area contributed by atoms with Crippen molar-refractivity contribution < 1.29 is 9.53 Å². The van der Waals surface area contributed by atoms with Crippen LogP contribution in [0.25, 0.3) is 0 Å². The molecule has 0 aliphatic heterocycles. The molecule has 0 spiro atoms. The zero-order valence-corrected chi connectivity index (χ0v) is 13.2. The van der Waals surface area contributed by atoms with E-state index in [9.17, 15) is 4.79 Å². The van der Waals surface area contributed by atoms with Crippen molar-refractivity contribution in [2.24, 2.45) is 5.92 Å². The van der Waals surface area contributed by atoms with E-state index in [2.05, 4.69) is 31.3 Å². The highest BCUT2D eigenvalue weighted by Gasteiger charge is 2.01. The summed E-state index contributed by atoms with van der Waals surface area (Å²) in [5.74, 6) is 1.51. The fraction of sp³-hybridized carbons (Fsp3) is 0.562. The highest BCUT2D eigenvalue weighted by atomic mass is 32.2. The number of thioether (sulfide) groups is 1. The number of benzene rings is 1. The largest absolute Gasteiger partial charge is 0.381 e. The topological polar surface area (TPSA) is 38.3 Å². The van der Waals surface area contributed by atoms with Crippen LogP contribution in [0.15, 0.2) is 35.2 Å². The third-order valence-corrected chi connectivity index (χ3v) is 3.59. The average molecular weight is 295 g/mol. The minimum atomic E-state index is 0.122. The molecule has 20 heavy (non-hydrogen) atoms. The summed E-state index contributed by atoms with van der Waals surface area (Å²) < 4.78 is 5.46. The highest BCUT2D eigenvalue weighted by molar-refractivity contribution is 7.99. The van der Waals surface area contributed by atoms with Crippen molar-refractivity contribution in [3.63, 3.8) is 0 Å². The Morgan fingerprint density at radius 3 is 2.75 bits per heavy atom. The van der Waals surface area contributed by atoms with Crippen molar-refractivity contribution >= 4 is 17.7 Å². The van der Waals surface area contributed by atoms with Crippen LogP contribution in [0, 0.1) is 5.92 Å². The second-order valence-electron chi connectivity index (χ2n) is 5.08. The van der Waals surface area contributed by atoms with Crippen LogP contribution >= 0.6 is 11.8 Å². The summed E-state index contributed by atoms with van der Waals surface area (Å²) in [7, 11) is 0. The molecule has 0 bridgehead atoms. The Balaban J connectivity index is 1.95. The van der Waals surface area contributed by atoms with Gasteiger partial charge >= 0.3 is 0 Å². The number of hydrogen-bond acceptors (Lipinski definition) is 3. The molecule has 0 fully saturated rings. The molecule has 1 aromatic carbocycles. The lowest BCUT2D eigenvalue weighted by molar-refractivity contribution is -0.120. The Morgan fingerprint density at radius 1 is 1.30 bits per heavy atom. The van der Waals surface area contributed by atoms with Gasteiger partial charge in [0.15, 0.2) is 0 Å². The van der Waals surface area contributed by atoms with Crippen molar-refractivity contribution in [1.82, 2.24) is 5.32 Å². The summed E-state index contributed by atoms with van der Waals surface area (Å²) >= 11 is 1.71. The van der Waals surface area contributed by atoms with Gasteiger partial charge in [-0.3, -0.25) is 4.79 Å². The van der Waals surface area contributed by atoms with Crippen LogP contribution in [-0.4, -0.2) is 31.4 Å². The van der Waals surface area contributed by atoms with Gasteiger partial charge in [-0.15, -0.1) is 11.8 Å². The van der Waals surface area contributed by atoms with Crippen LogP contribution in [-0.2, 0) is 9.53 Å². The van der Waals surface area contributed by atoms with E-state index >= 15 is 0 Å². The molecule has 0 aromatic heterocycles. The molecular weight excluding hydrogens is 270 g/mol. The van der Waals surface area contributed by atoms with Crippen LogP contribution in [0.2, 0.25) is 0 Å². The molecule has 0 saturated carbocycles. The molecule has 3 nitrogen and oxygen atoms in total. The Morgan fingerprint density at radius 2 is 2.05 bits per heavy atom. The second kappa shape index (κ2) is 10.7. The molecule has 1 amide bonds. The number of hydrogen-bond donors (Lipinski definition) is 1. The standard InChI is InChI=1S/C16H25NO2S/c1-14(2)13-19-11-6-10-17-16(18)9-12-20-15-7-4-3-5-8-15/h3-5,7-8,14H,6,9-13H2,1-2H3,(H,17,18). The van der Waals surface area contributed by atoms with Crippen LogP contribution in [0.4, 0.5) is 0 Å². The van der Waals surface area contributed by atoms with Gasteiger partial charge in [0.2, 0.25) is 5.91 Å². The first-order valence-corrected chi connectivity index (χ1v) is 8.19. The number of nitrogens with one attached hydrogen (secondary N) is 1. The quantitative estimate of drug-likeness (QED) is 0.531. The molecule has 1 N–H and O–H groups in total. The predicted octanol–water partition coefficient (Wildman–Crippen LogP) is 3.35. The summed E-state index contributed by atoms with van der Waals surface area (Å²) in [5, 5.41) is 2.92. The predicted molar refractivity (Wildman–Crippen MR) is 85.1 cm³/mol. The van der Waals surface area contributed by atoms with Crippen LogP contribution in [0.3, 0.4) is 0 Å². The van der Waals surface area contributed by atoms with E-state index in [1.165, 1.54) is 4.90 Å². The molecule has 0 radical (unpaired) electrons. The Bertz CT molecular complexity index is 368. The van der Waals surface area contributed by atoms with Crippen LogP contribution in [0.1, 0.15) is 26.7 Å². The molecule has 0 saturated heterocycles. The lowest BCUT2D eigenvalue weighted by Crippen LogP contribution is -2.25. The first-order valence-electron chi connectivity index (χ1n) is 7.21. The summed E-state index contributed by atoms with van der Waals surface area (Å²) in [6.45, 7) is 6.48. The van der Waals surface area contributed by atoms with E-state index in [1.54, 1.807) is 11.8 Å². The zero-order chi connectivity index (χ0) is 14.6. The maximum Gasteiger partial charge on any atom is 0.220 e. The van der Waals surface area contributed by atoms with Gasteiger partial charge in [0.1, 0.15) is 0 Å². The van der Waals surface area contributed by atoms with Gasteiger partial charge in [0, 0.05) is 36.8 Å². The molecule has 0 aliphatic carbocycles. The van der Waals surface area contributed by atoms with Crippen LogP contribution < -0.4 is 5.32 Å². The third kappa shape index (κ3) is 8.99. The molecule has 0 aliphatic rings. The van der Waals surface area contributed by atoms with E-state index in [0.717, 1.165) is 25.4 Å². The normalized spacial score (nSPS) is 10.8. The van der Waals surface area contributed by atoms with Crippen molar-refractivity contribution in [2.45, 2.75) is 31.6 Å². The molecule has 112 valence electrons. The number of rotatable bonds is 10. The monoisotopic (exact) mass is 295 g/mol. The zero-order valence-electron chi connectivity index (χ0n) is 12.4. The lowest BCUT2D eigenvalue weighted by atomic mass is 10.2. The molecule has 4 heteroatoms. The van der Waals surface area contributed by atoms with Gasteiger partial charge in [0.05, 0.1) is 0 Å². The van der Waals surface area contributed by atoms with Crippen LogP contribution in [0.5, 0.6) is 0 Å². The van der Waals surface area contributed by atoms with E-state index in [1.807, 2.05) is 18.2 Å². The van der Waals surface area contributed by atoms with Gasteiger partial charge in [-0.1, -0.05) is 32.0 Å². The second-order valence-corrected chi connectivity index (χ2v) is 6.25. The van der Waals surface area contributed by atoms with Gasteiger partial charge in [-0.05, 0) is 24.5 Å². The number of carbonyl (C=O) groups is 1. The minimum Gasteiger partial charge on any atom is -0.381 e. The van der Waals surface area contributed by atoms with Gasteiger partial charge in [0.25, 0.3) is 0 Å². The number of carbonyl (C=O) groups excluding carboxylic acids is 1. The molecule has 0 unspecified atom stereocenters. The summed E-state index contributed by atoms with van der Waals surface area (Å²) in [5.41, 5.74) is 0. The minimum absolute atomic E-state index is 0.122. The average Bonchev–Trinajstić information content (AvgIpc) is 2.43. The number of ether oxygens (including phenoxy) is 1. The Hall–Kier alpha value is -1.00. The van der Waals surface area contributed by atoms with Crippen molar-refractivity contribution in [1.29, 1.82) is 0 Å². The number of amides is 1. The molecule has 1 aromatic rings. The third-order valence-electron chi connectivity index (χ3n) is 2.58. The Labute approximate surface area is 126 Å². The summed E-state index contributed by atoms with van der Waals surface area (Å²) in [6.07, 6.45) is 1.44. The Kier molecular flexibility index (Phi) is 9.16. The van der Waals surface area contributed by atoms with Crippen molar-refractivity contribution in [2.75, 3.05) is 25.5 Å². The first-order chi connectivity index (χ1) is 9.68. The van der Waals surface area contributed by atoms with Gasteiger partial charge in [-0.2, -0.15) is 0 Å². The SMILES string of the molecule is CC(C)COCCCNC(=O)CCSc1ccccc1. The molecular formula is C16H25NO2S. The van der Waals surface area contributed by atoms with Gasteiger partial charge in [-0.25, -0.2) is 0 Å². The maximum absolute atomic E-state index is 11.6. The smallest absolute Gasteiger partial charge is 0.220 e. The highest BCUT2D eigenvalue weighted by Crippen LogP contribution is 2.17. The molecule has 1 rings (SSSR count). The fourth-order valence-corrected chi connectivity index (χ4v) is 2.46. The first kappa shape index (κ1) is 17.1. The van der Waals surface area contributed by atoms with Crippen molar-refractivity contribution in [3.05, 3.63) is 30.3 Å². The lowest BCUT2D eigenvalue weighted by Gasteiger charge is -2.07. The van der Waals surface area contributed by atoms with E-state index in [-0.39, 0.29) is 5.91 Å². The molecule has 0 atom stereocenters. The maximum atomic E-state index is 11.6. The van der Waals surface area contributed by atoms with E-state index < -0.39 is 0 Å². The van der Waals surface area contributed by atoms with E-state index in [0.29, 0.717) is 18.9 Å². The van der Waals surface area contributed by atoms with E-state index in [4.69, 9.17) is 4.74 Å². The summed E-state index contributed by atoms with van der Waals surface area (Å²) in [4.78, 5) is 12.8.